The Labute approximate surface area is 183 Å². The lowest BCUT2D eigenvalue weighted by Gasteiger charge is -2.32. The maximum Gasteiger partial charge on any atom is 0.253 e. The first kappa shape index (κ1) is 22.5. The van der Waals surface area contributed by atoms with Gasteiger partial charge in [0.05, 0.1) is 12.5 Å². The Hall–Kier alpha value is -3.19. The quantitative estimate of drug-likeness (QED) is 0.718. The van der Waals surface area contributed by atoms with Gasteiger partial charge in [0, 0.05) is 30.9 Å². The molecule has 1 fully saturated rings. The van der Waals surface area contributed by atoms with E-state index in [9.17, 15) is 14.4 Å². The van der Waals surface area contributed by atoms with Crippen LogP contribution in [0.1, 0.15) is 28.8 Å². The van der Waals surface area contributed by atoms with Gasteiger partial charge in [-0.3, -0.25) is 14.4 Å². The van der Waals surface area contributed by atoms with E-state index in [0.717, 1.165) is 18.4 Å². The Morgan fingerprint density at radius 2 is 1.84 bits per heavy atom. The molecular formula is C24H30N4O3. The molecule has 0 aromatic heterocycles. The predicted octanol–water partition coefficient (Wildman–Crippen LogP) is 2.36. The standard InChI is InChI=1S/C24H30N4O3/c1-27(2)17-22(29)26-21-12-6-8-18(14-21)15-25-23(30)20-11-7-13-28(16-20)24(31)19-9-4-3-5-10-19/h3-6,8-10,12,14,20H,7,11,13,15-17H2,1-2H3,(H,25,30)(H,26,29). The van der Waals surface area contributed by atoms with E-state index in [1.54, 1.807) is 21.9 Å². The van der Waals surface area contributed by atoms with Crippen molar-refractivity contribution >= 4 is 23.4 Å². The van der Waals surface area contributed by atoms with Crippen LogP contribution < -0.4 is 10.6 Å². The highest BCUT2D eigenvalue weighted by Crippen LogP contribution is 2.19. The van der Waals surface area contributed by atoms with E-state index in [-0.39, 0.29) is 23.6 Å². The summed E-state index contributed by atoms with van der Waals surface area (Å²) in [6, 6.07) is 16.6. The van der Waals surface area contributed by atoms with Crippen LogP contribution in [0.15, 0.2) is 54.6 Å². The van der Waals surface area contributed by atoms with Crippen molar-refractivity contribution in [2.75, 3.05) is 39.0 Å². The van der Waals surface area contributed by atoms with Crippen molar-refractivity contribution in [3.8, 4) is 0 Å². The third-order valence-electron chi connectivity index (χ3n) is 5.24. The first-order chi connectivity index (χ1) is 14.9. The van der Waals surface area contributed by atoms with E-state index in [0.29, 0.717) is 37.4 Å². The molecule has 0 spiro atoms. The van der Waals surface area contributed by atoms with Crippen molar-refractivity contribution in [2.24, 2.45) is 5.92 Å². The number of carbonyl (C=O) groups is 3. The van der Waals surface area contributed by atoms with Gasteiger partial charge in [0.2, 0.25) is 11.8 Å². The van der Waals surface area contributed by atoms with Gasteiger partial charge in [-0.15, -0.1) is 0 Å². The highest BCUT2D eigenvalue weighted by molar-refractivity contribution is 5.94. The van der Waals surface area contributed by atoms with Crippen molar-refractivity contribution in [1.29, 1.82) is 0 Å². The molecule has 7 nitrogen and oxygen atoms in total. The van der Waals surface area contributed by atoms with Crippen molar-refractivity contribution in [3.05, 3.63) is 65.7 Å². The predicted molar refractivity (Wildman–Crippen MR) is 121 cm³/mol. The Morgan fingerprint density at radius 1 is 1.06 bits per heavy atom. The lowest BCUT2D eigenvalue weighted by Crippen LogP contribution is -2.45. The SMILES string of the molecule is CN(C)CC(=O)Nc1cccc(CNC(=O)C2CCCN(C(=O)c3ccccc3)C2)c1. The molecule has 0 radical (unpaired) electrons. The van der Waals surface area contributed by atoms with E-state index >= 15 is 0 Å². The van der Waals surface area contributed by atoms with Gasteiger partial charge < -0.3 is 20.4 Å². The van der Waals surface area contributed by atoms with Crippen LogP contribution in [0.4, 0.5) is 5.69 Å². The molecule has 0 aliphatic carbocycles. The second-order valence-corrected chi connectivity index (χ2v) is 8.16. The molecule has 3 amide bonds. The Bertz CT molecular complexity index is 914. The number of likely N-dealkylation sites (tertiary alicyclic amines) is 1. The number of rotatable bonds is 7. The molecular weight excluding hydrogens is 392 g/mol. The zero-order valence-electron chi connectivity index (χ0n) is 18.1. The molecule has 1 atom stereocenters. The molecule has 1 unspecified atom stereocenters. The fourth-order valence-corrected chi connectivity index (χ4v) is 3.72. The van der Waals surface area contributed by atoms with Gasteiger partial charge in [0.1, 0.15) is 0 Å². The summed E-state index contributed by atoms with van der Waals surface area (Å²) in [6.07, 6.45) is 1.58. The normalized spacial score (nSPS) is 16.1. The monoisotopic (exact) mass is 422 g/mol. The van der Waals surface area contributed by atoms with E-state index in [4.69, 9.17) is 0 Å². The van der Waals surface area contributed by atoms with Crippen LogP contribution in [0.5, 0.6) is 0 Å². The number of benzene rings is 2. The zero-order valence-corrected chi connectivity index (χ0v) is 18.1. The number of hydrogen-bond acceptors (Lipinski definition) is 4. The zero-order chi connectivity index (χ0) is 22.2. The Balaban J connectivity index is 1.53. The lowest BCUT2D eigenvalue weighted by atomic mass is 9.96. The number of amides is 3. The molecule has 0 saturated carbocycles. The molecule has 1 heterocycles. The van der Waals surface area contributed by atoms with E-state index in [2.05, 4.69) is 10.6 Å². The van der Waals surface area contributed by atoms with E-state index in [1.165, 1.54) is 0 Å². The topological polar surface area (TPSA) is 81.8 Å². The number of carbonyl (C=O) groups excluding carboxylic acids is 3. The number of piperidine rings is 1. The average Bonchev–Trinajstić information content (AvgIpc) is 2.77. The average molecular weight is 423 g/mol. The maximum absolute atomic E-state index is 12.7. The summed E-state index contributed by atoms with van der Waals surface area (Å²) in [7, 11) is 3.68. The smallest absolute Gasteiger partial charge is 0.253 e. The van der Waals surface area contributed by atoms with Crippen LogP contribution in [0.2, 0.25) is 0 Å². The summed E-state index contributed by atoms with van der Waals surface area (Å²) in [5, 5.41) is 5.84. The Morgan fingerprint density at radius 3 is 2.58 bits per heavy atom. The first-order valence-electron chi connectivity index (χ1n) is 10.6. The fraction of sp³-hybridized carbons (Fsp3) is 0.375. The molecule has 2 aromatic rings. The summed E-state index contributed by atoms with van der Waals surface area (Å²) >= 11 is 0. The van der Waals surface area contributed by atoms with Gasteiger partial charge in [0.15, 0.2) is 0 Å². The van der Waals surface area contributed by atoms with Crippen molar-refractivity contribution < 1.29 is 14.4 Å². The van der Waals surface area contributed by atoms with Crippen LogP contribution in [0.3, 0.4) is 0 Å². The molecule has 3 rings (SSSR count). The second kappa shape index (κ2) is 10.7. The molecule has 164 valence electrons. The lowest BCUT2D eigenvalue weighted by molar-refractivity contribution is -0.126. The van der Waals surface area contributed by atoms with E-state index < -0.39 is 0 Å². The number of nitrogens with one attached hydrogen (secondary N) is 2. The highest BCUT2D eigenvalue weighted by atomic mass is 16.2. The highest BCUT2D eigenvalue weighted by Gasteiger charge is 2.28. The van der Waals surface area contributed by atoms with Crippen molar-refractivity contribution in [3.63, 3.8) is 0 Å². The third kappa shape index (κ3) is 6.65. The van der Waals surface area contributed by atoms with Gasteiger partial charge in [-0.2, -0.15) is 0 Å². The van der Waals surface area contributed by atoms with Crippen molar-refractivity contribution in [1.82, 2.24) is 15.1 Å². The molecule has 0 bridgehead atoms. The third-order valence-corrected chi connectivity index (χ3v) is 5.24. The van der Waals surface area contributed by atoms with Gasteiger partial charge in [-0.05, 0) is 56.8 Å². The van der Waals surface area contributed by atoms with Gasteiger partial charge in [-0.1, -0.05) is 30.3 Å². The second-order valence-electron chi connectivity index (χ2n) is 8.16. The fourth-order valence-electron chi connectivity index (χ4n) is 3.72. The molecule has 1 saturated heterocycles. The summed E-state index contributed by atoms with van der Waals surface area (Å²) in [4.78, 5) is 40.9. The summed E-state index contributed by atoms with van der Waals surface area (Å²) in [5.74, 6) is -0.382. The Kier molecular flexibility index (Phi) is 7.78. The van der Waals surface area contributed by atoms with Crippen LogP contribution >= 0.6 is 0 Å². The van der Waals surface area contributed by atoms with Crippen LogP contribution in [0.25, 0.3) is 0 Å². The summed E-state index contributed by atoms with van der Waals surface area (Å²) in [5.41, 5.74) is 2.26. The minimum Gasteiger partial charge on any atom is -0.352 e. The molecule has 2 N–H and O–H groups in total. The van der Waals surface area contributed by atoms with Crippen LogP contribution in [-0.4, -0.2) is 61.3 Å². The number of nitrogens with zero attached hydrogens (tertiary/aromatic N) is 2. The van der Waals surface area contributed by atoms with Crippen LogP contribution in [0, 0.1) is 5.92 Å². The largest absolute Gasteiger partial charge is 0.352 e. The van der Waals surface area contributed by atoms with Gasteiger partial charge >= 0.3 is 0 Å². The summed E-state index contributed by atoms with van der Waals surface area (Å²) < 4.78 is 0. The maximum atomic E-state index is 12.7. The minimum absolute atomic E-state index is 0.0285. The van der Waals surface area contributed by atoms with Crippen LogP contribution in [-0.2, 0) is 16.1 Å². The minimum atomic E-state index is -0.218. The molecule has 1 aliphatic rings. The molecule has 7 heteroatoms. The van der Waals surface area contributed by atoms with Gasteiger partial charge in [0.25, 0.3) is 5.91 Å². The van der Waals surface area contributed by atoms with Gasteiger partial charge in [-0.25, -0.2) is 0 Å². The number of hydrogen-bond donors (Lipinski definition) is 2. The molecule has 1 aliphatic heterocycles. The first-order valence-corrected chi connectivity index (χ1v) is 10.6. The van der Waals surface area contributed by atoms with E-state index in [1.807, 2.05) is 56.6 Å². The summed E-state index contributed by atoms with van der Waals surface area (Å²) in [6.45, 7) is 1.78. The molecule has 31 heavy (non-hydrogen) atoms. The molecule has 2 aromatic carbocycles. The number of anilines is 1. The number of likely N-dealkylation sites (N-methyl/N-ethyl adjacent to an activating group) is 1. The van der Waals surface area contributed by atoms with Crippen molar-refractivity contribution in [2.45, 2.75) is 19.4 Å².